The van der Waals surface area contributed by atoms with Crippen LogP contribution in [0.15, 0.2) is 191 Å². The van der Waals surface area contributed by atoms with Crippen LogP contribution in [0.25, 0.3) is 111 Å². The van der Waals surface area contributed by atoms with Crippen LogP contribution in [0, 0.1) is 0 Å². The molecule has 0 N–H and O–H groups in total. The normalized spacial score (nSPS) is 14.4. The SMILES string of the molecule is CC1(C)c2cc(-c3ccccc3-c3ccccc3)c3c(oc4ccccc43)c2-c2ccc3c(c21)C(C)(C)c1cc(-c2ccccc2-c2ccccc2)c2c(oc4ccccc42)c1-3. The van der Waals surface area contributed by atoms with Gasteiger partial charge in [0.25, 0.3) is 0 Å². The van der Waals surface area contributed by atoms with Crippen LogP contribution in [0.4, 0.5) is 0 Å². The molecule has 62 heavy (non-hydrogen) atoms. The van der Waals surface area contributed by atoms with Gasteiger partial charge < -0.3 is 8.83 Å². The van der Waals surface area contributed by atoms with Crippen LogP contribution in [-0.4, -0.2) is 0 Å². The molecule has 2 aliphatic carbocycles. The summed E-state index contributed by atoms with van der Waals surface area (Å²) in [5.41, 5.74) is 22.9. The van der Waals surface area contributed by atoms with Gasteiger partial charge in [-0.1, -0.05) is 185 Å². The molecular formula is C60H42O2. The number of benzene rings is 9. The van der Waals surface area contributed by atoms with Crippen molar-refractivity contribution in [2.24, 2.45) is 0 Å². The first kappa shape index (κ1) is 35.3. The highest BCUT2D eigenvalue weighted by atomic mass is 16.3. The zero-order chi connectivity index (χ0) is 41.5. The molecule has 13 rings (SSSR count). The molecule has 2 heterocycles. The Labute approximate surface area is 360 Å². The van der Waals surface area contributed by atoms with E-state index in [1.165, 1.54) is 99.8 Å². The highest BCUT2D eigenvalue weighted by Crippen LogP contribution is 2.63. The van der Waals surface area contributed by atoms with Crippen molar-refractivity contribution in [2.45, 2.75) is 38.5 Å². The topological polar surface area (TPSA) is 26.3 Å². The molecule has 0 unspecified atom stereocenters. The van der Waals surface area contributed by atoms with Crippen molar-refractivity contribution in [2.75, 3.05) is 0 Å². The lowest BCUT2D eigenvalue weighted by atomic mass is 9.72. The molecule has 2 nitrogen and oxygen atoms in total. The molecule has 0 amide bonds. The molecule has 2 heteroatoms. The van der Waals surface area contributed by atoms with Gasteiger partial charge in [-0.3, -0.25) is 0 Å². The summed E-state index contributed by atoms with van der Waals surface area (Å²) in [6, 6.07) is 66.1. The van der Waals surface area contributed by atoms with Gasteiger partial charge in [-0.2, -0.15) is 0 Å². The van der Waals surface area contributed by atoms with Crippen LogP contribution in [0.3, 0.4) is 0 Å². The highest BCUT2D eigenvalue weighted by molar-refractivity contribution is 6.21. The molecule has 11 aromatic rings. The number of rotatable bonds is 4. The van der Waals surface area contributed by atoms with E-state index < -0.39 is 0 Å². The van der Waals surface area contributed by atoms with E-state index in [-0.39, 0.29) is 10.8 Å². The Bertz CT molecular complexity index is 3430. The fourth-order valence-electron chi connectivity index (χ4n) is 11.5. The maximum absolute atomic E-state index is 7.08. The van der Waals surface area contributed by atoms with E-state index in [1.807, 2.05) is 0 Å². The molecule has 0 saturated carbocycles. The van der Waals surface area contributed by atoms with Crippen molar-refractivity contribution in [3.05, 3.63) is 204 Å². The Hall–Kier alpha value is -7.42. The lowest BCUT2D eigenvalue weighted by molar-refractivity contribution is 0.600. The van der Waals surface area contributed by atoms with Gasteiger partial charge in [0, 0.05) is 43.5 Å². The van der Waals surface area contributed by atoms with Crippen LogP contribution < -0.4 is 0 Å². The van der Waals surface area contributed by atoms with E-state index in [2.05, 4.69) is 210 Å². The predicted octanol–water partition coefficient (Wildman–Crippen LogP) is 16.8. The fourth-order valence-corrected chi connectivity index (χ4v) is 11.5. The molecule has 0 radical (unpaired) electrons. The Morgan fingerprint density at radius 2 is 0.677 bits per heavy atom. The minimum absolute atomic E-state index is 0.353. The predicted molar refractivity (Wildman–Crippen MR) is 258 cm³/mol. The molecule has 0 saturated heterocycles. The molecule has 2 aromatic heterocycles. The lowest BCUT2D eigenvalue weighted by Crippen LogP contribution is -2.24. The molecular weight excluding hydrogens is 753 g/mol. The molecule has 2 aliphatic rings. The Kier molecular flexibility index (Phi) is 7.16. The molecule has 9 aromatic carbocycles. The first-order valence-electron chi connectivity index (χ1n) is 21.8. The summed E-state index contributed by atoms with van der Waals surface area (Å²) in [6.07, 6.45) is 0. The van der Waals surface area contributed by atoms with E-state index in [1.54, 1.807) is 0 Å². The summed E-state index contributed by atoms with van der Waals surface area (Å²) < 4.78 is 14.2. The van der Waals surface area contributed by atoms with Crippen molar-refractivity contribution in [1.82, 2.24) is 0 Å². The van der Waals surface area contributed by atoms with Crippen LogP contribution in [0.2, 0.25) is 0 Å². The summed E-state index contributed by atoms with van der Waals surface area (Å²) in [5, 5.41) is 4.61. The first-order chi connectivity index (χ1) is 30.3. The zero-order valence-electron chi connectivity index (χ0n) is 35.1. The zero-order valence-corrected chi connectivity index (χ0v) is 35.1. The van der Waals surface area contributed by atoms with Gasteiger partial charge in [0.05, 0.1) is 0 Å². The average Bonchev–Trinajstić information content (AvgIpc) is 4.02. The van der Waals surface area contributed by atoms with E-state index in [0.29, 0.717) is 0 Å². The van der Waals surface area contributed by atoms with Crippen LogP contribution in [0.1, 0.15) is 49.9 Å². The Morgan fingerprint density at radius 3 is 1.10 bits per heavy atom. The van der Waals surface area contributed by atoms with Crippen LogP contribution >= 0.6 is 0 Å². The second kappa shape index (κ2) is 12.6. The van der Waals surface area contributed by atoms with E-state index in [9.17, 15) is 0 Å². The Morgan fingerprint density at radius 1 is 0.323 bits per heavy atom. The number of fused-ring (bicyclic) bond motifs is 15. The summed E-state index contributed by atoms with van der Waals surface area (Å²) in [4.78, 5) is 0. The van der Waals surface area contributed by atoms with Gasteiger partial charge in [0.2, 0.25) is 0 Å². The van der Waals surface area contributed by atoms with Crippen LogP contribution in [0.5, 0.6) is 0 Å². The fraction of sp³-hybridized carbons (Fsp3) is 0.100. The minimum atomic E-state index is -0.353. The van der Waals surface area contributed by atoms with Crippen molar-refractivity contribution in [3.8, 4) is 66.8 Å². The molecule has 0 fully saturated rings. The second-order valence-corrected chi connectivity index (χ2v) is 18.3. The third-order valence-corrected chi connectivity index (χ3v) is 14.2. The molecule has 0 atom stereocenters. The minimum Gasteiger partial charge on any atom is -0.455 e. The standard InChI is InChI=1S/C60H42O2/c1-59(2)47-33-45(39-25-13-11-23-37(39)35-19-7-5-8-20-35)51-41-27-15-17-29-49(41)61-57(51)53(47)43-31-32-44-54-48(60(3,4)56(44)55(43)59)34-46(52-42-28-16-18-30-50(42)62-58(52)54)40-26-14-12-24-38(40)36-21-9-6-10-22-36/h5-34H,1-4H3. The number of furan rings is 2. The van der Waals surface area contributed by atoms with E-state index in [0.717, 1.165) is 33.1 Å². The largest absolute Gasteiger partial charge is 0.455 e. The summed E-state index contributed by atoms with van der Waals surface area (Å²) in [5.74, 6) is 0. The van der Waals surface area contributed by atoms with E-state index in [4.69, 9.17) is 8.83 Å². The van der Waals surface area contributed by atoms with Crippen molar-refractivity contribution < 1.29 is 8.83 Å². The van der Waals surface area contributed by atoms with Crippen molar-refractivity contribution in [1.29, 1.82) is 0 Å². The first-order valence-corrected chi connectivity index (χ1v) is 21.8. The second-order valence-electron chi connectivity index (χ2n) is 18.3. The van der Waals surface area contributed by atoms with Gasteiger partial charge in [0.1, 0.15) is 22.3 Å². The van der Waals surface area contributed by atoms with Gasteiger partial charge in [-0.05, 0) is 102 Å². The lowest BCUT2D eigenvalue weighted by Gasteiger charge is -2.31. The third kappa shape index (κ3) is 4.64. The van der Waals surface area contributed by atoms with Gasteiger partial charge in [-0.15, -0.1) is 0 Å². The molecule has 294 valence electrons. The van der Waals surface area contributed by atoms with Crippen molar-refractivity contribution >= 4 is 43.9 Å². The molecule has 0 bridgehead atoms. The highest BCUT2D eigenvalue weighted by Gasteiger charge is 2.48. The average molecular weight is 795 g/mol. The van der Waals surface area contributed by atoms with Crippen LogP contribution in [-0.2, 0) is 10.8 Å². The third-order valence-electron chi connectivity index (χ3n) is 14.2. The van der Waals surface area contributed by atoms with E-state index >= 15 is 0 Å². The maximum Gasteiger partial charge on any atom is 0.144 e. The number of hydrogen-bond acceptors (Lipinski definition) is 2. The summed E-state index contributed by atoms with van der Waals surface area (Å²) >= 11 is 0. The van der Waals surface area contributed by atoms with Gasteiger partial charge in [-0.25, -0.2) is 0 Å². The smallest absolute Gasteiger partial charge is 0.144 e. The molecule has 0 aliphatic heterocycles. The van der Waals surface area contributed by atoms with Crippen molar-refractivity contribution in [3.63, 3.8) is 0 Å². The van der Waals surface area contributed by atoms with Gasteiger partial charge >= 0.3 is 0 Å². The molecule has 0 spiro atoms. The quantitative estimate of drug-likeness (QED) is 0.177. The number of hydrogen-bond donors (Lipinski definition) is 0. The Balaban J connectivity index is 1.10. The summed E-state index contributed by atoms with van der Waals surface area (Å²) in [6.45, 7) is 9.71. The maximum atomic E-state index is 7.08. The number of para-hydroxylation sites is 2. The monoisotopic (exact) mass is 794 g/mol. The van der Waals surface area contributed by atoms with Gasteiger partial charge in [0.15, 0.2) is 0 Å². The summed E-state index contributed by atoms with van der Waals surface area (Å²) in [7, 11) is 0.